The van der Waals surface area contributed by atoms with Crippen molar-refractivity contribution in [3.05, 3.63) is 34.9 Å². The lowest BCUT2D eigenvalue weighted by Crippen LogP contribution is -2.34. The van der Waals surface area contributed by atoms with Crippen molar-refractivity contribution in [2.45, 2.75) is 52.1 Å². The molecule has 2 rings (SSSR count). The van der Waals surface area contributed by atoms with E-state index in [1.165, 1.54) is 16.7 Å². The Kier molecular flexibility index (Phi) is 4.59. The number of aryl methyl sites for hydroxylation is 2. The maximum Gasteiger partial charge on any atom is 0.306 e. The summed E-state index contributed by atoms with van der Waals surface area (Å²) in [4.78, 5) is 10.9. The molecule has 2 N–H and O–H groups in total. The van der Waals surface area contributed by atoms with Gasteiger partial charge in [-0.15, -0.1) is 0 Å². The van der Waals surface area contributed by atoms with E-state index in [1.807, 2.05) is 0 Å². The first kappa shape index (κ1) is 14.1. The quantitative estimate of drug-likeness (QED) is 0.876. The highest BCUT2D eigenvalue weighted by atomic mass is 16.4. The van der Waals surface area contributed by atoms with Gasteiger partial charge in [-0.1, -0.05) is 23.8 Å². The Balaban J connectivity index is 1.82. The van der Waals surface area contributed by atoms with Gasteiger partial charge in [-0.05, 0) is 50.7 Å². The molecule has 3 nitrogen and oxygen atoms in total. The highest BCUT2D eigenvalue weighted by Gasteiger charge is 2.25. The zero-order valence-corrected chi connectivity index (χ0v) is 11.8. The first-order valence-corrected chi connectivity index (χ1v) is 7.08. The number of carboxylic acid groups (broad SMARTS) is 1. The van der Waals surface area contributed by atoms with Crippen molar-refractivity contribution in [3.8, 4) is 0 Å². The molecule has 0 unspecified atom stereocenters. The van der Waals surface area contributed by atoms with Gasteiger partial charge >= 0.3 is 5.97 Å². The number of aliphatic carboxylic acids is 1. The number of carboxylic acids is 1. The summed E-state index contributed by atoms with van der Waals surface area (Å²) in [6.45, 7) is 5.14. The minimum Gasteiger partial charge on any atom is -0.481 e. The SMILES string of the molecule is Cc1ccc(CNC2CCC(C(=O)O)CC2)c(C)c1. The number of carbonyl (C=O) groups is 1. The average molecular weight is 261 g/mol. The molecule has 0 spiro atoms. The number of nitrogens with one attached hydrogen (secondary N) is 1. The molecule has 104 valence electrons. The predicted octanol–water partition coefficient (Wildman–Crippen LogP) is 3.04. The molecule has 1 aliphatic carbocycles. The fourth-order valence-corrected chi connectivity index (χ4v) is 2.84. The molecule has 1 saturated carbocycles. The predicted molar refractivity (Wildman–Crippen MR) is 76.1 cm³/mol. The van der Waals surface area contributed by atoms with Gasteiger partial charge in [-0.3, -0.25) is 4.79 Å². The Labute approximate surface area is 115 Å². The van der Waals surface area contributed by atoms with Crippen molar-refractivity contribution in [3.63, 3.8) is 0 Å². The topological polar surface area (TPSA) is 49.3 Å². The van der Waals surface area contributed by atoms with E-state index >= 15 is 0 Å². The van der Waals surface area contributed by atoms with E-state index in [2.05, 4.69) is 37.4 Å². The van der Waals surface area contributed by atoms with Crippen molar-refractivity contribution < 1.29 is 9.90 Å². The Morgan fingerprint density at radius 2 is 1.95 bits per heavy atom. The summed E-state index contributed by atoms with van der Waals surface area (Å²) in [5.74, 6) is -0.757. The van der Waals surface area contributed by atoms with Crippen LogP contribution in [0.1, 0.15) is 42.4 Å². The van der Waals surface area contributed by atoms with Gasteiger partial charge in [0, 0.05) is 12.6 Å². The standard InChI is InChI=1S/C16H23NO2/c1-11-3-4-14(12(2)9-11)10-17-15-7-5-13(6-8-15)16(18)19/h3-4,9,13,15,17H,5-8,10H2,1-2H3,(H,18,19). The van der Waals surface area contributed by atoms with E-state index < -0.39 is 5.97 Å². The molecule has 0 amide bonds. The molecule has 1 fully saturated rings. The summed E-state index contributed by atoms with van der Waals surface area (Å²) in [6.07, 6.45) is 3.56. The third kappa shape index (κ3) is 3.80. The van der Waals surface area contributed by atoms with Crippen LogP contribution < -0.4 is 5.32 Å². The van der Waals surface area contributed by atoms with Gasteiger partial charge < -0.3 is 10.4 Å². The fourth-order valence-electron chi connectivity index (χ4n) is 2.84. The minimum absolute atomic E-state index is 0.126. The van der Waals surface area contributed by atoms with E-state index in [9.17, 15) is 4.79 Å². The average Bonchev–Trinajstić information content (AvgIpc) is 2.38. The molecule has 0 bridgehead atoms. The zero-order valence-electron chi connectivity index (χ0n) is 11.8. The van der Waals surface area contributed by atoms with Crippen LogP contribution in [0.3, 0.4) is 0 Å². The lowest BCUT2D eigenvalue weighted by atomic mass is 9.86. The second kappa shape index (κ2) is 6.20. The highest BCUT2D eigenvalue weighted by Crippen LogP contribution is 2.24. The minimum atomic E-state index is -0.632. The van der Waals surface area contributed by atoms with Gasteiger partial charge in [-0.2, -0.15) is 0 Å². The normalized spacial score (nSPS) is 23.3. The lowest BCUT2D eigenvalue weighted by molar-refractivity contribution is -0.142. The van der Waals surface area contributed by atoms with Crippen molar-refractivity contribution in [2.75, 3.05) is 0 Å². The summed E-state index contributed by atoms with van der Waals surface area (Å²) in [7, 11) is 0. The number of hydrogen-bond donors (Lipinski definition) is 2. The van der Waals surface area contributed by atoms with Crippen LogP contribution in [0.15, 0.2) is 18.2 Å². The second-order valence-corrected chi connectivity index (χ2v) is 5.70. The van der Waals surface area contributed by atoms with Crippen LogP contribution in [0.5, 0.6) is 0 Å². The fraction of sp³-hybridized carbons (Fsp3) is 0.562. The molecular weight excluding hydrogens is 238 g/mol. The molecule has 3 heteroatoms. The van der Waals surface area contributed by atoms with Crippen LogP contribution in [-0.4, -0.2) is 17.1 Å². The third-order valence-corrected chi connectivity index (χ3v) is 4.16. The second-order valence-electron chi connectivity index (χ2n) is 5.70. The summed E-state index contributed by atoms with van der Waals surface area (Å²) < 4.78 is 0. The van der Waals surface area contributed by atoms with E-state index in [4.69, 9.17) is 5.11 Å². The molecule has 1 aromatic carbocycles. The number of benzene rings is 1. The highest BCUT2D eigenvalue weighted by molar-refractivity contribution is 5.70. The summed E-state index contributed by atoms with van der Waals surface area (Å²) in [5, 5.41) is 12.5. The Bertz CT molecular complexity index is 448. The Morgan fingerprint density at radius 3 is 2.53 bits per heavy atom. The van der Waals surface area contributed by atoms with Crippen molar-refractivity contribution in [1.82, 2.24) is 5.32 Å². The molecule has 0 aromatic heterocycles. The van der Waals surface area contributed by atoms with Crippen molar-refractivity contribution in [1.29, 1.82) is 0 Å². The lowest BCUT2D eigenvalue weighted by Gasteiger charge is -2.27. The number of hydrogen-bond acceptors (Lipinski definition) is 2. The van der Waals surface area contributed by atoms with Gasteiger partial charge in [0.2, 0.25) is 0 Å². The largest absolute Gasteiger partial charge is 0.481 e. The first-order valence-electron chi connectivity index (χ1n) is 7.08. The van der Waals surface area contributed by atoms with Crippen LogP contribution in [0.4, 0.5) is 0 Å². The van der Waals surface area contributed by atoms with E-state index in [0.717, 1.165) is 32.2 Å². The summed E-state index contributed by atoms with van der Waals surface area (Å²) >= 11 is 0. The molecule has 19 heavy (non-hydrogen) atoms. The van der Waals surface area contributed by atoms with Gasteiger partial charge in [0.05, 0.1) is 5.92 Å². The van der Waals surface area contributed by atoms with Crippen LogP contribution in [0.25, 0.3) is 0 Å². The van der Waals surface area contributed by atoms with Crippen LogP contribution in [-0.2, 0) is 11.3 Å². The molecule has 0 heterocycles. The molecule has 0 saturated heterocycles. The van der Waals surface area contributed by atoms with Gasteiger partial charge in [0.15, 0.2) is 0 Å². The smallest absolute Gasteiger partial charge is 0.306 e. The molecule has 1 aliphatic rings. The van der Waals surface area contributed by atoms with Gasteiger partial charge in [0.1, 0.15) is 0 Å². The van der Waals surface area contributed by atoms with Gasteiger partial charge in [-0.25, -0.2) is 0 Å². The van der Waals surface area contributed by atoms with E-state index in [1.54, 1.807) is 0 Å². The monoisotopic (exact) mass is 261 g/mol. The molecule has 0 radical (unpaired) electrons. The third-order valence-electron chi connectivity index (χ3n) is 4.16. The van der Waals surface area contributed by atoms with Crippen LogP contribution in [0.2, 0.25) is 0 Å². The molecule has 0 aliphatic heterocycles. The van der Waals surface area contributed by atoms with E-state index in [0.29, 0.717) is 6.04 Å². The molecule has 1 aromatic rings. The van der Waals surface area contributed by atoms with E-state index in [-0.39, 0.29) is 5.92 Å². The van der Waals surface area contributed by atoms with Gasteiger partial charge in [0.25, 0.3) is 0 Å². The van der Waals surface area contributed by atoms with Crippen LogP contribution >= 0.6 is 0 Å². The molecular formula is C16H23NO2. The maximum absolute atomic E-state index is 10.9. The first-order chi connectivity index (χ1) is 9.06. The zero-order chi connectivity index (χ0) is 13.8. The Hall–Kier alpha value is -1.35. The summed E-state index contributed by atoms with van der Waals surface area (Å²) in [6, 6.07) is 7.00. The Morgan fingerprint density at radius 1 is 1.26 bits per heavy atom. The van der Waals surface area contributed by atoms with Crippen molar-refractivity contribution in [2.24, 2.45) is 5.92 Å². The maximum atomic E-state index is 10.9. The summed E-state index contributed by atoms with van der Waals surface area (Å²) in [5.41, 5.74) is 3.96. The van der Waals surface area contributed by atoms with Crippen molar-refractivity contribution >= 4 is 5.97 Å². The number of rotatable bonds is 4. The van der Waals surface area contributed by atoms with Crippen LogP contribution in [0, 0.1) is 19.8 Å². The molecule has 0 atom stereocenters.